The summed E-state index contributed by atoms with van der Waals surface area (Å²) in [5, 5.41) is 19.0. The van der Waals surface area contributed by atoms with Crippen LogP contribution in [0, 0.1) is 22.7 Å². The van der Waals surface area contributed by atoms with Crippen molar-refractivity contribution >= 4 is 6.08 Å². The molecule has 0 saturated heterocycles. The molecular weight excluding hydrogens is 328 g/mol. The van der Waals surface area contributed by atoms with Crippen LogP contribution in [0.5, 0.6) is 17.2 Å². The summed E-state index contributed by atoms with van der Waals surface area (Å²) in [6.07, 6.45) is 2.09. The molecule has 0 radical (unpaired) electrons. The monoisotopic (exact) mass is 348 g/mol. The minimum atomic E-state index is -0.410. The summed E-state index contributed by atoms with van der Waals surface area (Å²) in [6.45, 7) is 0. The Bertz CT molecular complexity index is 858. The standard InChI is InChI=1S/C21H20N2O3/c1-24-19-7-5-17(6-8-19)18(14-23)11-16(13-22)10-15-4-9-20(25-2)21(12-15)26-3/h4-10,12,18H,11H2,1-3H3/b16-10-/t18-/m1/s1. The van der Waals surface area contributed by atoms with Gasteiger partial charge in [0.25, 0.3) is 0 Å². The zero-order valence-corrected chi connectivity index (χ0v) is 15.0. The van der Waals surface area contributed by atoms with Gasteiger partial charge in [-0.3, -0.25) is 0 Å². The largest absolute Gasteiger partial charge is 0.497 e. The van der Waals surface area contributed by atoms with Crippen molar-refractivity contribution in [2.24, 2.45) is 0 Å². The second-order valence-corrected chi connectivity index (χ2v) is 5.55. The summed E-state index contributed by atoms with van der Waals surface area (Å²) >= 11 is 0. The molecule has 0 spiro atoms. The number of benzene rings is 2. The Labute approximate surface area is 153 Å². The molecule has 2 aromatic carbocycles. The number of allylic oxidation sites excluding steroid dienone is 1. The molecule has 2 aromatic rings. The molecule has 26 heavy (non-hydrogen) atoms. The van der Waals surface area contributed by atoms with Crippen LogP contribution in [0.25, 0.3) is 6.08 Å². The maximum absolute atomic E-state index is 9.51. The van der Waals surface area contributed by atoms with Crippen LogP contribution >= 0.6 is 0 Å². The number of methoxy groups -OCH3 is 3. The Morgan fingerprint density at radius 1 is 0.962 bits per heavy atom. The number of nitrogens with zero attached hydrogens (tertiary/aromatic N) is 2. The van der Waals surface area contributed by atoms with E-state index < -0.39 is 5.92 Å². The second kappa shape index (κ2) is 9.15. The number of ether oxygens (including phenoxy) is 3. The van der Waals surface area contributed by atoms with Gasteiger partial charge < -0.3 is 14.2 Å². The maximum Gasteiger partial charge on any atom is 0.161 e. The summed E-state index contributed by atoms with van der Waals surface area (Å²) in [5.74, 6) is 1.53. The first kappa shape index (κ1) is 18.9. The molecule has 0 aliphatic rings. The molecular formula is C21H20N2O3. The van der Waals surface area contributed by atoms with Crippen LogP contribution < -0.4 is 14.2 Å². The van der Waals surface area contributed by atoms with Crippen LogP contribution in [0.4, 0.5) is 0 Å². The van der Waals surface area contributed by atoms with Crippen LogP contribution in [-0.4, -0.2) is 21.3 Å². The molecule has 0 amide bonds. The lowest BCUT2D eigenvalue weighted by Crippen LogP contribution is -1.98. The van der Waals surface area contributed by atoms with Gasteiger partial charge in [-0.25, -0.2) is 0 Å². The molecule has 0 bridgehead atoms. The molecule has 0 saturated carbocycles. The maximum atomic E-state index is 9.51. The Hall–Kier alpha value is -3.44. The fourth-order valence-corrected chi connectivity index (χ4v) is 2.57. The van der Waals surface area contributed by atoms with E-state index in [2.05, 4.69) is 12.1 Å². The van der Waals surface area contributed by atoms with Crippen molar-refractivity contribution in [1.82, 2.24) is 0 Å². The zero-order valence-electron chi connectivity index (χ0n) is 15.0. The Morgan fingerprint density at radius 2 is 1.65 bits per heavy atom. The smallest absolute Gasteiger partial charge is 0.161 e. The van der Waals surface area contributed by atoms with Gasteiger partial charge in [-0.05, 0) is 41.5 Å². The quantitative estimate of drug-likeness (QED) is 0.697. The van der Waals surface area contributed by atoms with Crippen molar-refractivity contribution in [2.75, 3.05) is 21.3 Å². The molecule has 5 nitrogen and oxygen atoms in total. The third kappa shape index (κ3) is 4.55. The van der Waals surface area contributed by atoms with Crippen LogP contribution in [0.1, 0.15) is 23.5 Å². The molecule has 0 fully saturated rings. The first-order valence-electron chi connectivity index (χ1n) is 8.01. The first-order valence-corrected chi connectivity index (χ1v) is 8.01. The highest BCUT2D eigenvalue weighted by Crippen LogP contribution is 2.30. The van der Waals surface area contributed by atoms with E-state index in [0.29, 0.717) is 23.5 Å². The SMILES string of the molecule is COc1ccc([C@@H](C#N)C/C(C#N)=C/c2ccc(OC)c(OC)c2)cc1. The van der Waals surface area contributed by atoms with Crippen molar-refractivity contribution < 1.29 is 14.2 Å². The van der Waals surface area contributed by atoms with Crippen LogP contribution in [0.2, 0.25) is 0 Å². The van der Waals surface area contributed by atoms with E-state index in [4.69, 9.17) is 14.2 Å². The normalized spacial score (nSPS) is 11.8. The lowest BCUT2D eigenvalue weighted by molar-refractivity contribution is 0.355. The van der Waals surface area contributed by atoms with E-state index in [0.717, 1.165) is 16.9 Å². The summed E-state index contributed by atoms with van der Waals surface area (Å²) in [5.41, 5.74) is 2.17. The Kier molecular flexibility index (Phi) is 6.65. The van der Waals surface area contributed by atoms with E-state index in [-0.39, 0.29) is 0 Å². The summed E-state index contributed by atoms with van der Waals surface area (Å²) in [6, 6.07) is 17.2. The molecule has 0 aliphatic heterocycles. The highest BCUT2D eigenvalue weighted by atomic mass is 16.5. The van der Waals surface area contributed by atoms with Gasteiger partial charge in [0, 0.05) is 12.0 Å². The fourth-order valence-electron chi connectivity index (χ4n) is 2.57. The van der Waals surface area contributed by atoms with Gasteiger partial charge in [0.05, 0.1) is 39.4 Å². The molecule has 0 heterocycles. The van der Waals surface area contributed by atoms with Crippen LogP contribution in [-0.2, 0) is 0 Å². The molecule has 0 N–H and O–H groups in total. The zero-order chi connectivity index (χ0) is 18.9. The van der Waals surface area contributed by atoms with Crippen molar-refractivity contribution in [2.45, 2.75) is 12.3 Å². The van der Waals surface area contributed by atoms with Gasteiger partial charge >= 0.3 is 0 Å². The molecule has 132 valence electrons. The van der Waals surface area contributed by atoms with Crippen LogP contribution in [0.3, 0.4) is 0 Å². The lowest BCUT2D eigenvalue weighted by atomic mass is 9.92. The van der Waals surface area contributed by atoms with E-state index >= 15 is 0 Å². The molecule has 0 unspecified atom stereocenters. The predicted molar refractivity (Wildman–Crippen MR) is 99.1 cm³/mol. The van der Waals surface area contributed by atoms with Gasteiger partial charge in [0.2, 0.25) is 0 Å². The second-order valence-electron chi connectivity index (χ2n) is 5.55. The van der Waals surface area contributed by atoms with Gasteiger partial charge in [-0.15, -0.1) is 0 Å². The highest BCUT2D eigenvalue weighted by Gasteiger charge is 2.14. The van der Waals surface area contributed by atoms with Crippen molar-refractivity contribution in [3.63, 3.8) is 0 Å². The van der Waals surface area contributed by atoms with E-state index in [1.165, 1.54) is 0 Å². The molecule has 5 heteroatoms. The average Bonchev–Trinajstić information content (AvgIpc) is 2.70. The number of hydrogen-bond donors (Lipinski definition) is 0. The predicted octanol–water partition coefficient (Wildman–Crippen LogP) is 4.32. The van der Waals surface area contributed by atoms with Crippen LogP contribution in [0.15, 0.2) is 48.0 Å². The Balaban J connectivity index is 2.25. The summed E-state index contributed by atoms with van der Waals surface area (Å²) in [4.78, 5) is 0. The average molecular weight is 348 g/mol. The lowest BCUT2D eigenvalue weighted by Gasteiger charge is -2.10. The third-order valence-corrected chi connectivity index (χ3v) is 3.99. The van der Waals surface area contributed by atoms with Gasteiger partial charge in [-0.2, -0.15) is 10.5 Å². The molecule has 2 rings (SSSR count). The first-order chi connectivity index (χ1) is 12.6. The minimum absolute atomic E-state index is 0.327. The van der Waals surface area contributed by atoms with Crippen molar-refractivity contribution in [1.29, 1.82) is 10.5 Å². The van der Waals surface area contributed by atoms with Gasteiger partial charge in [0.1, 0.15) is 5.75 Å². The summed E-state index contributed by atoms with van der Waals surface area (Å²) in [7, 11) is 4.73. The van der Waals surface area contributed by atoms with Crippen molar-refractivity contribution in [3.05, 3.63) is 59.2 Å². The summed E-state index contributed by atoms with van der Waals surface area (Å²) < 4.78 is 15.6. The minimum Gasteiger partial charge on any atom is -0.497 e. The number of nitriles is 2. The fraction of sp³-hybridized carbons (Fsp3) is 0.238. The Morgan fingerprint density at radius 3 is 2.19 bits per heavy atom. The van der Waals surface area contributed by atoms with E-state index in [1.54, 1.807) is 39.5 Å². The third-order valence-electron chi connectivity index (χ3n) is 3.99. The van der Waals surface area contributed by atoms with Gasteiger partial charge in [0.15, 0.2) is 11.5 Å². The molecule has 0 aliphatic carbocycles. The molecule has 0 aromatic heterocycles. The van der Waals surface area contributed by atoms with E-state index in [9.17, 15) is 10.5 Å². The highest BCUT2D eigenvalue weighted by molar-refractivity contribution is 5.61. The number of rotatable bonds is 7. The topological polar surface area (TPSA) is 75.3 Å². The van der Waals surface area contributed by atoms with Crippen molar-refractivity contribution in [3.8, 4) is 29.4 Å². The molecule has 1 atom stereocenters. The number of hydrogen-bond acceptors (Lipinski definition) is 5. The van der Waals surface area contributed by atoms with E-state index in [1.807, 2.05) is 30.3 Å². The van der Waals surface area contributed by atoms with Gasteiger partial charge in [-0.1, -0.05) is 18.2 Å².